The van der Waals surface area contributed by atoms with E-state index in [4.69, 9.17) is 4.52 Å². The molecule has 0 fully saturated rings. The van der Waals surface area contributed by atoms with Gasteiger partial charge in [-0.05, 0) is 20.3 Å². The van der Waals surface area contributed by atoms with Crippen LogP contribution in [0.4, 0.5) is 5.13 Å². The van der Waals surface area contributed by atoms with E-state index in [1.807, 2.05) is 31.2 Å². The summed E-state index contributed by atoms with van der Waals surface area (Å²) in [7, 11) is 0. The average molecular weight is 342 g/mol. The predicted molar refractivity (Wildman–Crippen MR) is 93.3 cm³/mol. The smallest absolute Gasteiger partial charge is 0.263 e. The molecule has 0 atom stereocenters. The van der Waals surface area contributed by atoms with E-state index in [9.17, 15) is 4.79 Å². The summed E-state index contributed by atoms with van der Waals surface area (Å²) in [6.45, 7) is 5.83. The molecular formula is C17H18N4O2S. The minimum atomic E-state index is -0.288. The van der Waals surface area contributed by atoms with Crippen LogP contribution in [0.15, 0.2) is 28.8 Å². The van der Waals surface area contributed by atoms with Gasteiger partial charge in [-0.25, -0.2) is 0 Å². The van der Waals surface area contributed by atoms with Crippen LogP contribution in [0.25, 0.3) is 11.3 Å². The second kappa shape index (κ2) is 6.92. The monoisotopic (exact) mass is 342 g/mol. The lowest BCUT2D eigenvalue weighted by atomic mass is 10.1. The van der Waals surface area contributed by atoms with Gasteiger partial charge < -0.3 is 4.52 Å². The van der Waals surface area contributed by atoms with Crippen molar-refractivity contribution in [1.82, 2.24) is 15.4 Å². The number of hydrogen-bond acceptors (Lipinski definition) is 6. The zero-order valence-electron chi connectivity index (χ0n) is 13.8. The molecule has 0 aliphatic carbocycles. The third kappa shape index (κ3) is 3.35. The summed E-state index contributed by atoms with van der Waals surface area (Å²) in [5.74, 6) is 0.173. The topological polar surface area (TPSA) is 80.9 Å². The number of anilines is 1. The van der Waals surface area contributed by atoms with Crippen LogP contribution in [0.1, 0.15) is 40.0 Å². The molecule has 6 nitrogen and oxygen atoms in total. The van der Waals surface area contributed by atoms with Crippen molar-refractivity contribution in [3.05, 3.63) is 46.1 Å². The Morgan fingerprint density at radius 3 is 2.67 bits per heavy atom. The van der Waals surface area contributed by atoms with E-state index in [-0.39, 0.29) is 5.91 Å². The van der Waals surface area contributed by atoms with Crippen LogP contribution < -0.4 is 5.32 Å². The Kier molecular flexibility index (Phi) is 4.71. The number of aromatic nitrogens is 3. The molecule has 2 heterocycles. The number of aryl methyl sites for hydroxylation is 3. The lowest BCUT2D eigenvalue weighted by Gasteiger charge is -2.03. The highest BCUT2D eigenvalue weighted by atomic mass is 32.1. The quantitative estimate of drug-likeness (QED) is 0.757. The molecule has 0 bridgehead atoms. The molecule has 24 heavy (non-hydrogen) atoms. The molecule has 3 rings (SSSR count). The number of amides is 1. The van der Waals surface area contributed by atoms with Crippen molar-refractivity contribution < 1.29 is 9.32 Å². The van der Waals surface area contributed by atoms with Gasteiger partial charge in [0.15, 0.2) is 5.76 Å². The Balaban J connectivity index is 1.86. The first-order valence-corrected chi connectivity index (χ1v) is 8.57. The van der Waals surface area contributed by atoms with Gasteiger partial charge in [0, 0.05) is 12.0 Å². The molecule has 1 aromatic carbocycles. The van der Waals surface area contributed by atoms with Gasteiger partial charge in [-0.15, -0.1) is 10.2 Å². The fraction of sp³-hybridized carbons (Fsp3) is 0.294. The highest BCUT2D eigenvalue weighted by Gasteiger charge is 2.22. The fourth-order valence-electron chi connectivity index (χ4n) is 2.32. The maximum Gasteiger partial charge on any atom is 0.263 e. The van der Waals surface area contributed by atoms with E-state index < -0.39 is 0 Å². The Labute approximate surface area is 143 Å². The van der Waals surface area contributed by atoms with E-state index in [1.165, 1.54) is 11.3 Å². The van der Waals surface area contributed by atoms with Crippen molar-refractivity contribution in [2.24, 2.45) is 0 Å². The summed E-state index contributed by atoms with van der Waals surface area (Å²) in [5, 5.41) is 16.2. The van der Waals surface area contributed by atoms with Crippen LogP contribution in [-0.4, -0.2) is 21.3 Å². The van der Waals surface area contributed by atoms with Gasteiger partial charge in [0.25, 0.3) is 5.91 Å². The molecule has 124 valence electrons. The van der Waals surface area contributed by atoms with Gasteiger partial charge in [-0.3, -0.25) is 10.1 Å². The Morgan fingerprint density at radius 1 is 1.21 bits per heavy atom. The van der Waals surface area contributed by atoms with E-state index >= 15 is 0 Å². The summed E-state index contributed by atoms with van der Waals surface area (Å²) in [4.78, 5) is 12.7. The zero-order valence-corrected chi connectivity index (χ0v) is 14.6. The summed E-state index contributed by atoms with van der Waals surface area (Å²) >= 11 is 1.39. The number of nitrogens with one attached hydrogen (secondary N) is 1. The second-order valence-corrected chi connectivity index (χ2v) is 6.61. The van der Waals surface area contributed by atoms with Gasteiger partial charge in [0.05, 0.1) is 5.69 Å². The van der Waals surface area contributed by atoms with E-state index in [1.54, 1.807) is 6.92 Å². The normalized spacial score (nSPS) is 10.8. The van der Waals surface area contributed by atoms with Crippen molar-refractivity contribution >= 4 is 22.4 Å². The zero-order chi connectivity index (χ0) is 17.1. The SMILES string of the molecule is CCCc1nnc(NC(=O)c2c(C)noc2-c2ccc(C)cc2)s1. The van der Waals surface area contributed by atoms with Crippen molar-refractivity contribution in [3.63, 3.8) is 0 Å². The molecule has 0 radical (unpaired) electrons. The van der Waals surface area contributed by atoms with E-state index in [0.717, 1.165) is 29.0 Å². The number of nitrogens with zero attached hydrogens (tertiary/aromatic N) is 3. The molecule has 0 aliphatic rings. The minimum Gasteiger partial charge on any atom is -0.355 e. The van der Waals surface area contributed by atoms with Crippen molar-refractivity contribution in [3.8, 4) is 11.3 Å². The molecule has 1 amide bonds. The molecular weight excluding hydrogens is 324 g/mol. The van der Waals surface area contributed by atoms with E-state index in [2.05, 4.69) is 27.6 Å². The lowest BCUT2D eigenvalue weighted by molar-refractivity contribution is 0.102. The number of hydrogen-bond donors (Lipinski definition) is 1. The molecule has 0 unspecified atom stereocenters. The fourth-order valence-corrected chi connectivity index (χ4v) is 3.15. The molecule has 3 aromatic rings. The lowest BCUT2D eigenvalue weighted by Crippen LogP contribution is -2.13. The van der Waals surface area contributed by atoms with Crippen LogP contribution in [0, 0.1) is 13.8 Å². The minimum absolute atomic E-state index is 0.288. The van der Waals surface area contributed by atoms with E-state index in [0.29, 0.717) is 22.1 Å². The third-order valence-electron chi connectivity index (χ3n) is 3.55. The largest absolute Gasteiger partial charge is 0.355 e. The van der Waals surface area contributed by atoms with Crippen LogP contribution in [0.2, 0.25) is 0 Å². The molecule has 0 saturated heterocycles. The summed E-state index contributed by atoms with van der Waals surface area (Å²) in [5.41, 5.74) is 2.92. The van der Waals surface area contributed by atoms with Crippen LogP contribution in [-0.2, 0) is 6.42 Å². The third-order valence-corrected chi connectivity index (χ3v) is 4.45. The number of carbonyl (C=O) groups excluding carboxylic acids is 1. The first-order chi connectivity index (χ1) is 11.6. The summed E-state index contributed by atoms with van der Waals surface area (Å²) in [6, 6.07) is 7.76. The van der Waals surface area contributed by atoms with Gasteiger partial charge >= 0.3 is 0 Å². The first kappa shape index (κ1) is 16.3. The highest BCUT2D eigenvalue weighted by molar-refractivity contribution is 7.15. The Morgan fingerprint density at radius 2 is 1.96 bits per heavy atom. The van der Waals surface area contributed by atoms with Gasteiger partial charge in [0.1, 0.15) is 10.6 Å². The standard InChI is InChI=1S/C17H18N4O2S/c1-4-5-13-19-20-17(24-13)18-16(22)14-11(3)21-23-15(14)12-8-6-10(2)7-9-12/h6-9H,4-5H2,1-3H3,(H,18,20,22). The average Bonchev–Trinajstić information content (AvgIpc) is 3.15. The molecule has 2 aromatic heterocycles. The van der Waals surface area contributed by atoms with Crippen molar-refractivity contribution in [2.75, 3.05) is 5.32 Å². The van der Waals surface area contributed by atoms with Crippen LogP contribution in [0.5, 0.6) is 0 Å². The molecule has 0 aliphatic heterocycles. The van der Waals surface area contributed by atoms with Crippen LogP contribution in [0.3, 0.4) is 0 Å². The Hall–Kier alpha value is -2.54. The van der Waals surface area contributed by atoms with Crippen LogP contribution >= 0.6 is 11.3 Å². The molecule has 0 saturated carbocycles. The maximum atomic E-state index is 12.7. The van der Waals surface area contributed by atoms with Crippen molar-refractivity contribution in [1.29, 1.82) is 0 Å². The maximum absolute atomic E-state index is 12.7. The van der Waals surface area contributed by atoms with Gasteiger partial charge in [-0.1, -0.05) is 53.2 Å². The predicted octanol–water partition coefficient (Wildman–Crippen LogP) is 4.01. The summed E-state index contributed by atoms with van der Waals surface area (Å²) in [6.07, 6.45) is 1.85. The summed E-state index contributed by atoms with van der Waals surface area (Å²) < 4.78 is 5.38. The molecule has 0 spiro atoms. The van der Waals surface area contributed by atoms with Crippen molar-refractivity contribution in [2.45, 2.75) is 33.6 Å². The van der Waals surface area contributed by atoms with Gasteiger partial charge in [0.2, 0.25) is 5.13 Å². The molecule has 7 heteroatoms. The number of rotatable bonds is 5. The second-order valence-electron chi connectivity index (χ2n) is 5.54. The first-order valence-electron chi connectivity index (χ1n) is 7.75. The highest BCUT2D eigenvalue weighted by Crippen LogP contribution is 2.28. The number of benzene rings is 1. The Bertz CT molecular complexity index is 852. The molecule has 1 N–H and O–H groups in total. The van der Waals surface area contributed by atoms with Gasteiger partial charge in [-0.2, -0.15) is 0 Å². The number of carbonyl (C=O) groups is 1.